The normalized spacial score (nSPS) is 12.8. The Morgan fingerprint density at radius 2 is 2.00 bits per heavy atom. The third kappa shape index (κ3) is 3.07. The van der Waals surface area contributed by atoms with Crippen molar-refractivity contribution in [3.05, 3.63) is 57.4 Å². The number of benzene rings is 1. The smallest absolute Gasteiger partial charge is 0.160 e. The highest BCUT2D eigenvalue weighted by atomic mass is 79.9. The van der Waals surface area contributed by atoms with Gasteiger partial charge in [-0.05, 0) is 46.6 Å². The lowest BCUT2D eigenvalue weighted by molar-refractivity contribution is 0.736. The standard InChI is InChI=1S/C15H12BrCl2N3/c1-9(17)14-20-13-6-11(16)7-19-15(13)21(14)8-10-2-4-12(18)5-3-10/h2-7,9H,8H2,1H3. The van der Waals surface area contributed by atoms with Crippen LogP contribution in [-0.4, -0.2) is 14.5 Å². The minimum absolute atomic E-state index is 0.190. The third-order valence-corrected chi connectivity index (χ3v) is 4.07. The number of hydrogen-bond donors (Lipinski definition) is 0. The van der Waals surface area contributed by atoms with Crippen LogP contribution >= 0.6 is 39.1 Å². The zero-order chi connectivity index (χ0) is 15.0. The largest absolute Gasteiger partial charge is 0.307 e. The van der Waals surface area contributed by atoms with Crippen LogP contribution in [0.4, 0.5) is 0 Å². The van der Waals surface area contributed by atoms with Crippen molar-refractivity contribution in [1.82, 2.24) is 14.5 Å². The minimum Gasteiger partial charge on any atom is -0.307 e. The van der Waals surface area contributed by atoms with Gasteiger partial charge in [0.1, 0.15) is 11.3 Å². The Hall–Kier alpha value is -1.10. The quantitative estimate of drug-likeness (QED) is 0.581. The van der Waals surface area contributed by atoms with Crippen LogP contribution in [0.25, 0.3) is 11.2 Å². The Kier molecular flexibility index (Phi) is 4.20. The summed E-state index contributed by atoms with van der Waals surface area (Å²) in [7, 11) is 0. The topological polar surface area (TPSA) is 30.7 Å². The molecule has 3 aromatic rings. The number of hydrogen-bond acceptors (Lipinski definition) is 2. The van der Waals surface area contributed by atoms with Gasteiger partial charge in [0, 0.05) is 15.7 Å². The zero-order valence-electron chi connectivity index (χ0n) is 11.2. The van der Waals surface area contributed by atoms with E-state index in [9.17, 15) is 0 Å². The lowest BCUT2D eigenvalue weighted by Gasteiger charge is -2.10. The Balaban J connectivity index is 2.10. The molecule has 0 aliphatic carbocycles. The van der Waals surface area contributed by atoms with E-state index in [1.807, 2.05) is 41.8 Å². The number of aromatic nitrogens is 3. The molecule has 108 valence electrons. The molecule has 0 saturated carbocycles. The first kappa shape index (κ1) is 14.8. The number of fused-ring (bicyclic) bond motifs is 1. The first-order valence-electron chi connectivity index (χ1n) is 6.45. The molecule has 0 saturated heterocycles. The number of imidazole rings is 1. The average Bonchev–Trinajstić information content (AvgIpc) is 2.79. The van der Waals surface area contributed by atoms with Gasteiger partial charge in [-0.2, -0.15) is 0 Å². The lowest BCUT2D eigenvalue weighted by atomic mass is 10.2. The van der Waals surface area contributed by atoms with E-state index in [0.717, 1.165) is 32.0 Å². The molecule has 0 spiro atoms. The van der Waals surface area contributed by atoms with Crippen molar-refractivity contribution in [2.75, 3.05) is 0 Å². The molecule has 1 aromatic carbocycles. The molecule has 21 heavy (non-hydrogen) atoms. The predicted molar refractivity (Wildman–Crippen MR) is 90.0 cm³/mol. The fourth-order valence-corrected chi connectivity index (χ4v) is 2.85. The van der Waals surface area contributed by atoms with Crippen molar-refractivity contribution in [2.45, 2.75) is 18.8 Å². The fraction of sp³-hybridized carbons (Fsp3) is 0.200. The van der Waals surface area contributed by atoms with Gasteiger partial charge in [0.15, 0.2) is 5.65 Å². The molecule has 3 rings (SSSR count). The Morgan fingerprint density at radius 1 is 1.29 bits per heavy atom. The molecule has 0 radical (unpaired) electrons. The Bertz CT molecular complexity index is 781. The second-order valence-corrected chi connectivity index (χ2v) is 6.80. The fourth-order valence-electron chi connectivity index (χ4n) is 2.24. The highest BCUT2D eigenvalue weighted by Crippen LogP contribution is 2.26. The maximum atomic E-state index is 6.27. The van der Waals surface area contributed by atoms with Crippen LogP contribution in [0.15, 0.2) is 41.0 Å². The second kappa shape index (κ2) is 5.95. The predicted octanol–water partition coefficient (Wildman–Crippen LogP) is 5.20. The van der Waals surface area contributed by atoms with Crippen molar-refractivity contribution < 1.29 is 0 Å². The van der Waals surface area contributed by atoms with Crippen LogP contribution in [0.2, 0.25) is 5.02 Å². The van der Waals surface area contributed by atoms with Crippen molar-refractivity contribution in [1.29, 1.82) is 0 Å². The van der Waals surface area contributed by atoms with Gasteiger partial charge in [0.2, 0.25) is 0 Å². The van der Waals surface area contributed by atoms with Crippen molar-refractivity contribution in [2.24, 2.45) is 0 Å². The highest BCUT2D eigenvalue weighted by Gasteiger charge is 2.16. The molecule has 2 heterocycles. The molecule has 0 fully saturated rings. The molecule has 0 aliphatic rings. The number of pyridine rings is 1. The van der Waals surface area contributed by atoms with E-state index in [0.29, 0.717) is 6.54 Å². The van der Waals surface area contributed by atoms with E-state index in [1.54, 1.807) is 6.20 Å². The summed E-state index contributed by atoms with van der Waals surface area (Å²) in [5.41, 5.74) is 2.79. The van der Waals surface area contributed by atoms with Crippen LogP contribution < -0.4 is 0 Å². The van der Waals surface area contributed by atoms with E-state index in [4.69, 9.17) is 23.2 Å². The first-order valence-corrected chi connectivity index (χ1v) is 8.05. The average molecular weight is 385 g/mol. The van der Waals surface area contributed by atoms with Gasteiger partial charge in [0.25, 0.3) is 0 Å². The van der Waals surface area contributed by atoms with Gasteiger partial charge in [-0.15, -0.1) is 11.6 Å². The molecule has 0 N–H and O–H groups in total. The second-order valence-electron chi connectivity index (χ2n) is 4.79. The monoisotopic (exact) mass is 383 g/mol. The molecular weight excluding hydrogens is 373 g/mol. The molecule has 1 atom stereocenters. The van der Waals surface area contributed by atoms with Gasteiger partial charge in [-0.25, -0.2) is 9.97 Å². The molecule has 2 aromatic heterocycles. The van der Waals surface area contributed by atoms with Crippen LogP contribution in [0.1, 0.15) is 23.7 Å². The number of halogens is 3. The SMILES string of the molecule is CC(Cl)c1nc2cc(Br)cnc2n1Cc1ccc(Cl)cc1. The van der Waals surface area contributed by atoms with Crippen LogP contribution in [0.5, 0.6) is 0 Å². The summed E-state index contributed by atoms with van der Waals surface area (Å²) in [6.07, 6.45) is 1.77. The van der Waals surface area contributed by atoms with Gasteiger partial charge in [-0.1, -0.05) is 23.7 Å². The Labute approximate surface area is 141 Å². The summed E-state index contributed by atoms with van der Waals surface area (Å²) in [5, 5.41) is 0.535. The summed E-state index contributed by atoms with van der Waals surface area (Å²) in [6.45, 7) is 2.57. The highest BCUT2D eigenvalue weighted by molar-refractivity contribution is 9.10. The van der Waals surface area contributed by atoms with Crippen LogP contribution in [-0.2, 0) is 6.54 Å². The van der Waals surface area contributed by atoms with Gasteiger partial charge >= 0.3 is 0 Å². The van der Waals surface area contributed by atoms with E-state index in [2.05, 4.69) is 25.9 Å². The van der Waals surface area contributed by atoms with Crippen molar-refractivity contribution in [3.63, 3.8) is 0 Å². The van der Waals surface area contributed by atoms with E-state index in [-0.39, 0.29) is 5.38 Å². The van der Waals surface area contributed by atoms with Crippen molar-refractivity contribution in [3.8, 4) is 0 Å². The molecule has 0 aliphatic heterocycles. The maximum Gasteiger partial charge on any atom is 0.160 e. The first-order chi connectivity index (χ1) is 10.0. The molecular formula is C15H12BrCl2N3. The molecule has 0 bridgehead atoms. The molecule has 6 heteroatoms. The summed E-state index contributed by atoms with van der Waals surface area (Å²) in [6, 6.07) is 9.70. The molecule has 1 unspecified atom stereocenters. The molecule has 3 nitrogen and oxygen atoms in total. The van der Waals surface area contributed by atoms with Crippen LogP contribution in [0, 0.1) is 0 Å². The van der Waals surface area contributed by atoms with E-state index in [1.165, 1.54) is 0 Å². The summed E-state index contributed by atoms with van der Waals surface area (Å²) in [4.78, 5) is 9.07. The van der Waals surface area contributed by atoms with Crippen LogP contribution in [0.3, 0.4) is 0 Å². The Morgan fingerprint density at radius 3 is 2.67 bits per heavy atom. The lowest BCUT2D eigenvalue weighted by Crippen LogP contribution is -2.06. The summed E-state index contributed by atoms with van der Waals surface area (Å²) < 4.78 is 2.95. The summed E-state index contributed by atoms with van der Waals surface area (Å²) in [5.74, 6) is 0.812. The number of alkyl halides is 1. The van der Waals surface area contributed by atoms with Gasteiger partial charge < -0.3 is 4.57 Å². The minimum atomic E-state index is -0.190. The van der Waals surface area contributed by atoms with Crippen molar-refractivity contribution >= 4 is 50.3 Å². The molecule has 0 amide bonds. The van der Waals surface area contributed by atoms with E-state index < -0.39 is 0 Å². The third-order valence-electron chi connectivity index (χ3n) is 3.19. The maximum absolute atomic E-state index is 6.27. The number of rotatable bonds is 3. The van der Waals surface area contributed by atoms with Gasteiger partial charge in [0.05, 0.1) is 11.9 Å². The zero-order valence-corrected chi connectivity index (χ0v) is 14.3. The van der Waals surface area contributed by atoms with Gasteiger partial charge in [-0.3, -0.25) is 0 Å². The number of nitrogens with zero attached hydrogens (tertiary/aromatic N) is 3. The van der Waals surface area contributed by atoms with E-state index >= 15 is 0 Å². The summed E-state index contributed by atoms with van der Waals surface area (Å²) >= 11 is 15.6.